The van der Waals surface area contributed by atoms with Crippen molar-refractivity contribution < 1.29 is 27.5 Å². The normalized spacial score (nSPS) is 11.5. The largest absolute Gasteiger partial charge is 0.475 e. The van der Waals surface area contributed by atoms with Crippen molar-refractivity contribution >= 4 is 17.7 Å². The topological polar surface area (TPSA) is 50.4 Å². The van der Waals surface area contributed by atoms with Crippen LogP contribution in [0.1, 0.15) is 16.1 Å². The maximum atomic E-state index is 12.5. The third-order valence-electron chi connectivity index (χ3n) is 2.17. The van der Waals surface area contributed by atoms with E-state index in [-0.39, 0.29) is 10.9 Å². The Labute approximate surface area is 110 Å². The maximum absolute atomic E-state index is 12.5. The van der Waals surface area contributed by atoms with Crippen molar-refractivity contribution in [2.24, 2.45) is 0 Å². The molecular formula is C12H7F3O3S. The van der Waals surface area contributed by atoms with Crippen LogP contribution in [0.15, 0.2) is 50.8 Å². The minimum absolute atomic E-state index is 0.219. The minimum Gasteiger partial charge on any atom is -0.475 e. The summed E-state index contributed by atoms with van der Waals surface area (Å²) >= 11 is 0.926. The van der Waals surface area contributed by atoms with Crippen molar-refractivity contribution in [2.75, 3.05) is 0 Å². The number of carboxylic acids is 1. The number of benzene rings is 1. The van der Waals surface area contributed by atoms with Gasteiger partial charge in [0.15, 0.2) is 5.09 Å². The van der Waals surface area contributed by atoms with Crippen molar-refractivity contribution in [2.45, 2.75) is 16.2 Å². The molecule has 0 aliphatic carbocycles. The molecule has 19 heavy (non-hydrogen) atoms. The van der Waals surface area contributed by atoms with Crippen molar-refractivity contribution in [1.29, 1.82) is 0 Å². The van der Waals surface area contributed by atoms with Crippen LogP contribution in [0, 0.1) is 0 Å². The molecule has 100 valence electrons. The fourth-order valence-electron chi connectivity index (χ4n) is 1.34. The Morgan fingerprint density at radius 2 is 1.95 bits per heavy atom. The highest BCUT2D eigenvalue weighted by Gasteiger charge is 2.30. The smallest absolute Gasteiger partial charge is 0.416 e. The summed E-state index contributed by atoms with van der Waals surface area (Å²) in [6.45, 7) is 0. The fraction of sp³-hybridized carbons (Fsp3) is 0.0833. The van der Waals surface area contributed by atoms with Crippen LogP contribution >= 0.6 is 11.8 Å². The average molecular weight is 288 g/mol. The molecule has 1 aromatic carbocycles. The molecule has 7 heteroatoms. The van der Waals surface area contributed by atoms with Gasteiger partial charge in [0.05, 0.1) is 5.56 Å². The quantitative estimate of drug-likeness (QED) is 0.921. The zero-order valence-electron chi connectivity index (χ0n) is 9.27. The van der Waals surface area contributed by atoms with Crippen LogP contribution in [0.3, 0.4) is 0 Å². The minimum atomic E-state index is -4.41. The lowest BCUT2D eigenvalue weighted by atomic mass is 10.2. The zero-order chi connectivity index (χ0) is 14.0. The van der Waals surface area contributed by atoms with E-state index in [1.807, 2.05) is 0 Å². The third kappa shape index (κ3) is 3.31. The Bertz CT molecular complexity index is 604. The number of hydrogen-bond acceptors (Lipinski definition) is 3. The molecule has 0 saturated heterocycles. The van der Waals surface area contributed by atoms with Gasteiger partial charge in [-0.3, -0.25) is 0 Å². The van der Waals surface area contributed by atoms with Crippen LogP contribution in [-0.4, -0.2) is 11.1 Å². The Morgan fingerprint density at radius 1 is 1.21 bits per heavy atom. The van der Waals surface area contributed by atoms with Crippen molar-refractivity contribution in [3.05, 3.63) is 47.7 Å². The van der Waals surface area contributed by atoms with Gasteiger partial charge in [0.25, 0.3) is 0 Å². The van der Waals surface area contributed by atoms with Gasteiger partial charge in [-0.05, 0) is 30.3 Å². The van der Waals surface area contributed by atoms with Crippen molar-refractivity contribution in [3.8, 4) is 0 Å². The van der Waals surface area contributed by atoms with E-state index < -0.39 is 17.7 Å². The van der Waals surface area contributed by atoms with E-state index in [4.69, 9.17) is 9.52 Å². The lowest BCUT2D eigenvalue weighted by molar-refractivity contribution is -0.137. The Morgan fingerprint density at radius 3 is 2.53 bits per heavy atom. The van der Waals surface area contributed by atoms with E-state index in [0.717, 1.165) is 23.9 Å². The number of halogens is 3. The molecule has 1 N–H and O–H groups in total. The highest BCUT2D eigenvalue weighted by molar-refractivity contribution is 7.99. The molecule has 0 atom stereocenters. The SMILES string of the molecule is O=C(O)c1ccc(Sc2cccc(C(F)(F)F)c2)o1. The molecule has 2 rings (SSSR count). The molecule has 0 aliphatic rings. The number of carboxylic acid groups (broad SMARTS) is 1. The van der Waals surface area contributed by atoms with Gasteiger partial charge < -0.3 is 9.52 Å². The second-order valence-corrected chi connectivity index (χ2v) is 4.63. The Balaban J connectivity index is 2.21. The van der Waals surface area contributed by atoms with Gasteiger partial charge in [0.2, 0.25) is 5.76 Å². The van der Waals surface area contributed by atoms with Gasteiger partial charge in [0, 0.05) is 4.90 Å². The van der Waals surface area contributed by atoms with Crippen molar-refractivity contribution in [3.63, 3.8) is 0 Å². The molecule has 3 nitrogen and oxygen atoms in total. The summed E-state index contributed by atoms with van der Waals surface area (Å²) in [5.41, 5.74) is -0.762. The predicted octanol–water partition coefficient (Wildman–Crippen LogP) is 4.15. The van der Waals surface area contributed by atoms with Crippen LogP contribution in [0.5, 0.6) is 0 Å². The van der Waals surface area contributed by atoms with E-state index in [2.05, 4.69) is 0 Å². The maximum Gasteiger partial charge on any atom is 0.416 e. The second kappa shape index (κ2) is 5.00. The second-order valence-electron chi connectivity index (χ2n) is 3.55. The van der Waals surface area contributed by atoms with Crippen LogP contribution in [0.4, 0.5) is 13.2 Å². The summed E-state index contributed by atoms with van der Waals surface area (Å²) in [7, 11) is 0. The number of hydrogen-bond donors (Lipinski definition) is 1. The summed E-state index contributed by atoms with van der Waals surface area (Å²) in [4.78, 5) is 10.9. The highest BCUT2D eigenvalue weighted by Crippen LogP contribution is 2.34. The molecular weight excluding hydrogens is 281 g/mol. The Kier molecular flexibility index (Phi) is 3.57. The van der Waals surface area contributed by atoms with E-state index in [9.17, 15) is 18.0 Å². The first-order chi connectivity index (χ1) is 8.86. The van der Waals surface area contributed by atoms with Gasteiger partial charge in [0.1, 0.15) is 0 Å². The van der Waals surface area contributed by atoms with Gasteiger partial charge >= 0.3 is 12.1 Å². The van der Waals surface area contributed by atoms with Crippen LogP contribution < -0.4 is 0 Å². The molecule has 0 spiro atoms. The first-order valence-corrected chi connectivity index (χ1v) is 5.86. The van der Waals surface area contributed by atoms with Crippen molar-refractivity contribution in [1.82, 2.24) is 0 Å². The molecule has 0 unspecified atom stereocenters. The monoisotopic (exact) mass is 288 g/mol. The average Bonchev–Trinajstić information content (AvgIpc) is 2.77. The van der Waals surface area contributed by atoms with Crippen LogP contribution in [-0.2, 0) is 6.18 Å². The molecule has 0 fully saturated rings. The molecule has 0 aliphatic heterocycles. The lowest BCUT2D eigenvalue weighted by Crippen LogP contribution is -2.04. The molecule has 0 bridgehead atoms. The van der Waals surface area contributed by atoms with Gasteiger partial charge in [-0.1, -0.05) is 17.8 Å². The molecule has 0 radical (unpaired) electrons. The standard InChI is InChI=1S/C12H7F3O3S/c13-12(14,15)7-2-1-3-8(6-7)19-10-5-4-9(18-10)11(16)17/h1-6H,(H,16,17). The Hall–Kier alpha value is -1.89. The number of alkyl halides is 3. The summed E-state index contributed by atoms with van der Waals surface area (Å²) in [5.74, 6) is -1.48. The lowest BCUT2D eigenvalue weighted by Gasteiger charge is -2.07. The van der Waals surface area contributed by atoms with E-state index in [1.54, 1.807) is 0 Å². The molecule has 1 aromatic heterocycles. The number of aromatic carboxylic acids is 1. The first-order valence-electron chi connectivity index (χ1n) is 5.04. The first kappa shape index (κ1) is 13.5. The van der Waals surface area contributed by atoms with E-state index in [1.165, 1.54) is 24.3 Å². The summed E-state index contributed by atoms with van der Waals surface area (Å²) < 4.78 is 42.5. The summed E-state index contributed by atoms with van der Waals surface area (Å²) in [6, 6.07) is 7.37. The summed E-state index contributed by atoms with van der Waals surface area (Å²) in [6.07, 6.45) is -4.41. The predicted molar refractivity (Wildman–Crippen MR) is 61.2 cm³/mol. The van der Waals surface area contributed by atoms with Crippen LogP contribution in [0.25, 0.3) is 0 Å². The summed E-state index contributed by atoms with van der Waals surface area (Å²) in [5, 5.41) is 8.88. The zero-order valence-corrected chi connectivity index (χ0v) is 10.1. The molecule has 0 amide bonds. The van der Waals surface area contributed by atoms with E-state index in [0.29, 0.717) is 4.90 Å². The fourth-order valence-corrected chi connectivity index (χ4v) is 2.17. The van der Waals surface area contributed by atoms with Gasteiger partial charge in [-0.25, -0.2) is 4.79 Å². The molecule has 2 aromatic rings. The highest BCUT2D eigenvalue weighted by atomic mass is 32.2. The number of carbonyl (C=O) groups is 1. The van der Waals surface area contributed by atoms with Gasteiger partial charge in [-0.15, -0.1) is 0 Å². The van der Waals surface area contributed by atoms with Gasteiger partial charge in [-0.2, -0.15) is 13.2 Å². The van der Waals surface area contributed by atoms with Crippen LogP contribution in [0.2, 0.25) is 0 Å². The third-order valence-corrected chi connectivity index (χ3v) is 3.08. The van der Waals surface area contributed by atoms with E-state index >= 15 is 0 Å². The number of rotatable bonds is 3. The molecule has 0 saturated carbocycles. The molecule has 1 heterocycles. The number of furan rings is 1.